The van der Waals surface area contributed by atoms with E-state index < -0.39 is 9.84 Å². The Balaban J connectivity index is 2.10. The van der Waals surface area contributed by atoms with Gasteiger partial charge in [-0.1, -0.05) is 45.0 Å². The van der Waals surface area contributed by atoms with Crippen LogP contribution in [-0.2, 0) is 26.8 Å². The molecule has 0 N–H and O–H groups in total. The number of aryl methyl sites for hydroxylation is 1. The molecule has 0 bridgehead atoms. The summed E-state index contributed by atoms with van der Waals surface area (Å²) in [6, 6.07) is 11.3. The van der Waals surface area contributed by atoms with E-state index in [1.807, 2.05) is 31.2 Å². The topological polar surface area (TPSA) is 59.9 Å². The Kier molecular flexibility index (Phi) is 4.66. The summed E-state index contributed by atoms with van der Waals surface area (Å²) in [6.07, 6.45) is 0. The maximum absolute atomic E-state index is 12.3. The first kappa shape index (κ1) is 16.6. The molecule has 0 radical (unpaired) electrons. The zero-order chi connectivity index (χ0) is 16.4. The van der Waals surface area contributed by atoms with Gasteiger partial charge in [-0.15, -0.1) is 0 Å². The molecule has 0 saturated heterocycles. The largest absolute Gasteiger partial charge is 0.228 e. The summed E-state index contributed by atoms with van der Waals surface area (Å²) in [7, 11) is -3.25. The Hall–Kier alpha value is -1.75. The molecule has 22 heavy (non-hydrogen) atoms. The quantitative estimate of drug-likeness (QED) is 0.868. The van der Waals surface area contributed by atoms with Gasteiger partial charge in [-0.05, 0) is 35.6 Å². The first-order valence-corrected chi connectivity index (χ1v) is 9.07. The Morgan fingerprint density at radius 3 is 2.05 bits per heavy atom. The number of sulfone groups is 1. The Bertz CT molecular complexity index is 728. The lowest BCUT2D eigenvalue weighted by molar-refractivity contribution is 0.589. The van der Waals surface area contributed by atoms with Crippen LogP contribution in [0.1, 0.15) is 43.3 Å². The van der Waals surface area contributed by atoms with E-state index in [0.717, 1.165) is 11.3 Å². The van der Waals surface area contributed by atoms with Crippen LogP contribution in [0.25, 0.3) is 0 Å². The van der Waals surface area contributed by atoms with Crippen molar-refractivity contribution < 1.29 is 8.42 Å². The normalized spacial score (nSPS) is 12.4. The van der Waals surface area contributed by atoms with Crippen LogP contribution >= 0.6 is 0 Å². The lowest BCUT2D eigenvalue weighted by Crippen LogP contribution is -2.12. The molecule has 2 rings (SSSR count). The van der Waals surface area contributed by atoms with E-state index >= 15 is 0 Å². The van der Waals surface area contributed by atoms with Crippen molar-refractivity contribution in [1.29, 1.82) is 0 Å². The van der Waals surface area contributed by atoms with Crippen LogP contribution in [0, 0.1) is 6.92 Å². The van der Waals surface area contributed by atoms with Gasteiger partial charge in [-0.25, -0.2) is 8.42 Å². The molecule has 4 nitrogen and oxygen atoms in total. The summed E-state index contributed by atoms with van der Waals surface area (Å²) in [4.78, 5) is 0. The lowest BCUT2D eigenvalue weighted by atomic mass is 9.87. The Morgan fingerprint density at radius 1 is 0.909 bits per heavy atom. The van der Waals surface area contributed by atoms with E-state index in [0.29, 0.717) is 5.69 Å². The first-order chi connectivity index (χ1) is 10.2. The highest BCUT2D eigenvalue weighted by Crippen LogP contribution is 2.23. The van der Waals surface area contributed by atoms with Crippen LogP contribution < -0.4 is 0 Å². The minimum absolute atomic E-state index is 0.0208. The molecule has 1 aromatic heterocycles. The minimum Gasteiger partial charge on any atom is -0.228 e. The fraction of sp³-hybridized carbons (Fsp3) is 0.412. The number of aromatic nitrogens is 2. The molecule has 0 atom stereocenters. The smallest absolute Gasteiger partial charge is 0.160 e. The van der Waals surface area contributed by atoms with Crippen LogP contribution in [-0.4, -0.2) is 18.6 Å². The van der Waals surface area contributed by atoms with Gasteiger partial charge in [-0.2, -0.15) is 10.2 Å². The van der Waals surface area contributed by atoms with Crippen molar-refractivity contribution in [1.82, 2.24) is 10.2 Å². The van der Waals surface area contributed by atoms with E-state index in [1.54, 1.807) is 12.1 Å². The maximum atomic E-state index is 12.3. The van der Waals surface area contributed by atoms with Crippen molar-refractivity contribution >= 4 is 9.84 Å². The van der Waals surface area contributed by atoms with Gasteiger partial charge in [0.1, 0.15) is 0 Å². The van der Waals surface area contributed by atoms with Crippen LogP contribution in [0.4, 0.5) is 0 Å². The van der Waals surface area contributed by atoms with Crippen molar-refractivity contribution in [2.24, 2.45) is 0 Å². The maximum Gasteiger partial charge on any atom is 0.160 e. The molecular formula is C17H22N2O2S. The van der Waals surface area contributed by atoms with E-state index in [4.69, 9.17) is 0 Å². The van der Waals surface area contributed by atoms with Crippen LogP contribution in [0.5, 0.6) is 0 Å². The van der Waals surface area contributed by atoms with Gasteiger partial charge in [0.2, 0.25) is 0 Å². The molecular weight excluding hydrogens is 296 g/mol. The van der Waals surface area contributed by atoms with Crippen molar-refractivity contribution in [2.45, 2.75) is 44.6 Å². The zero-order valence-electron chi connectivity index (χ0n) is 13.5. The van der Waals surface area contributed by atoms with E-state index in [2.05, 4.69) is 31.0 Å². The zero-order valence-corrected chi connectivity index (χ0v) is 14.3. The number of rotatable bonds is 4. The van der Waals surface area contributed by atoms with Gasteiger partial charge in [0.15, 0.2) is 9.84 Å². The predicted octanol–water partition coefficient (Wildman–Crippen LogP) is 3.20. The molecule has 0 aliphatic rings. The highest BCUT2D eigenvalue weighted by Gasteiger charge is 2.16. The van der Waals surface area contributed by atoms with E-state index in [1.165, 1.54) is 5.56 Å². The Morgan fingerprint density at radius 2 is 1.55 bits per heavy atom. The third-order valence-electron chi connectivity index (χ3n) is 3.43. The fourth-order valence-electron chi connectivity index (χ4n) is 2.13. The molecule has 118 valence electrons. The van der Waals surface area contributed by atoms with Crippen molar-refractivity contribution in [2.75, 3.05) is 0 Å². The number of hydrogen-bond donors (Lipinski definition) is 0. The van der Waals surface area contributed by atoms with Gasteiger partial charge in [0.25, 0.3) is 0 Å². The molecule has 0 amide bonds. The lowest BCUT2D eigenvalue weighted by Gasteiger charge is -2.19. The third kappa shape index (κ3) is 4.63. The molecule has 2 aromatic rings. The van der Waals surface area contributed by atoms with Gasteiger partial charge < -0.3 is 0 Å². The molecule has 1 aromatic carbocycles. The molecule has 0 aliphatic carbocycles. The summed E-state index contributed by atoms with van der Waals surface area (Å²) in [5.41, 5.74) is 3.32. The summed E-state index contributed by atoms with van der Waals surface area (Å²) >= 11 is 0. The summed E-state index contributed by atoms with van der Waals surface area (Å²) in [5, 5.41) is 7.82. The molecule has 0 saturated carbocycles. The van der Waals surface area contributed by atoms with Gasteiger partial charge >= 0.3 is 0 Å². The molecule has 0 unspecified atom stereocenters. The summed E-state index contributed by atoms with van der Waals surface area (Å²) < 4.78 is 24.5. The average Bonchev–Trinajstić information content (AvgIpc) is 2.40. The number of benzene rings is 1. The van der Waals surface area contributed by atoms with Crippen LogP contribution in [0.15, 0.2) is 36.4 Å². The highest BCUT2D eigenvalue weighted by molar-refractivity contribution is 7.89. The van der Waals surface area contributed by atoms with Gasteiger partial charge in [-0.3, -0.25) is 0 Å². The Labute approximate surface area is 132 Å². The standard InChI is InChI=1S/C17H22N2O2S/c1-13-5-10-16(19-18-13)12-22(20,21)11-14-6-8-15(9-7-14)17(2,3)4/h5-10H,11-12H2,1-4H3. The number of nitrogens with zero attached hydrogens (tertiary/aromatic N) is 2. The van der Waals surface area contributed by atoms with Crippen molar-refractivity contribution in [3.05, 3.63) is 58.9 Å². The number of hydrogen-bond acceptors (Lipinski definition) is 4. The van der Waals surface area contributed by atoms with Crippen LogP contribution in [0.2, 0.25) is 0 Å². The van der Waals surface area contributed by atoms with E-state index in [9.17, 15) is 8.42 Å². The predicted molar refractivity (Wildman–Crippen MR) is 88.2 cm³/mol. The molecule has 0 spiro atoms. The highest BCUT2D eigenvalue weighted by atomic mass is 32.2. The molecule has 5 heteroatoms. The molecule has 1 heterocycles. The second kappa shape index (κ2) is 6.16. The average molecular weight is 318 g/mol. The second-order valence-electron chi connectivity index (χ2n) is 6.65. The summed E-state index contributed by atoms with van der Waals surface area (Å²) in [6.45, 7) is 8.22. The molecule has 0 fully saturated rings. The van der Waals surface area contributed by atoms with Crippen molar-refractivity contribution in [3.8, 4) is 0 Å². The minimum atomic E-state index is -3.25. The first-order valence-electron chi connectivity index (χ1n) is 7.25. The monoisotopic (exact) mass is 318 g/mol. The van der Waals surface area contributed by atoms with Gasteiger partial charge in [0.05, 0.1) is 22.9 Å². The SMILES string of the molecule is Cc1ccc(CS(=O)(=O)Cc2ccc(C(C)(C)C)cc2)nn1. The molecule has 0 aliphatic heterocycles. The second-order valence-corrected chi connectivity index (χ2v) is 8.71. The summed E-state index contributed by atoms with van der Waals surface area (Å²) in [5.74, 6) is -0.0612. The van der Waals surface area contributed by atoms with E-state index in [-0.39, 0.29) is 16.9 Å². The van der Waals surface area contributed by atoms with Gasteiger partial charge in [0, 0.05) is 0 Å². The third-order valence-corrected chi connectivity index (χ3v) is 4.94. The van der Waals surface area contributed by atoms with Crippen molar-refractivity contribution in [3.63, 3.8) is 0 Å². The van der Waals surface area contributed by atoms with Crippen LogP contribution in [0.3, 0.4) is 0 Å². The fourth-order valence-corrected chi connectivity index (χ4v) is 3.54.